The van der Waals surface area contributed by atoms with Crippen molar-refractivity contribution in [1.82, 2.24) is 9.88 Å². The number of pyridine rings is 1. The molecule has 1 fully saturated rings. The first-order valence-corrected chi connectivity index (χ1v) is 7.99. The Morgan fingerprint density at radius 2 is 2.32 bits per heavy atom. The fraction of sp³-hybridized carbons (Fsp3) is 0.615. The van der Waals surface area contributed by atoms with Crippen LogP contribution in [0.4, 0.5) is 0 Å². The first-order chi connectivity index (χ1) is 9.13. The van der Waals surface area contributed by atoms with Crippen molar-refractivity contribution < 1.29 is 4.74 Å². The Balaban J connectivity index is 2.05. The lowest BCUT2D eigenvalue weighted by atomic mass is 9.99. The van der Waals surface area contributed by atoms with Crippen LogP contribution in [0.25, 0.3) is 0 Å². The highest BCUT2D eigenvalue weighted by atomic mass is 79.9. The number of aromatic nitrogens is 1. The summed E-state index contributed by atoms with van der Waals surface area (Å²) in [6.45, 7) is 2.49. The number of hydrogen-bond acceptors (Lipinski definition) is 4. The Kier molecular flexibility index (Phi) is 5.77. The highest BCUT2D eigenvalue weighted by Gasteiger charge is 2.28. The highest BCUT2D eigenvalue weighted by Crippen LogP contribution is 2.25. The van der Waals surface area contributed by atoms with Crippen LogP contribution in [0.5, 0.6) is 0 Å². The number of rotatable bonds is 4. The third kappa shape index (κ3) is 3.98. The summed E-state index contributed by atoms with van der Waals surface area (Å²) in [7, 11) is 1.78. The van der Waals surface area contributed by atoms with Gasteiger partial charge in [-0.05, 0) is 50.8 Å². The summed E-state index contributed by atoms with van der Waals surface area (Å²) in [5.41, 5.74) is 6.94. The van der Waals surface area contributed by atoms with Crippen molar-refractivity contribution in [1.29, 1.82) is 0 Å². The van der Waals surface area contributed by atoms with Crippen LogP contribution >= 0.6 is 31.9 Å². The first kappa shape index (κ1) is 15.4. The molecule has 19 heavy (non-hydrogen) atoms. The second kappa shape index (κ2) is 7.13. The lowest BCUT2D eigenvalue weighted by Gasteiger charge is -2.38. The SMILES string of the molecule is COC1CCN(Cc2ncc(Br)cc2Br)C(CN)C1. The van der Waals surface area contributed by atoms with Crippen LogP contribution in [0, 0.1) is 0 Å². The van der Waals surface area contributed by atoms with E-state index in [4.69, 9.17) is 10.5 Å². The lowest BCUT2D eigenvalue weighted by Crippen LogP contribution is -2.48. The average molecular weight is 393 g/mol. The average Bonchev–Trinajstić information content (AvgIpc) is 2.42. The minimum atomic E-state index is 0.339. The third-order valence-electron chi connectivity index (χ3n) is 3.63. The predicted molar refractivity (Wildman–Crippen MR) is 82.9 cm³/mol. The molecule has 1 aromatic heterocycles. The minimum absolute atomic E-state index is 0.339. The summed E-state index contributed by atoms with van der Waals surface area (Å²) in [4.78, 5) is 6.87. The molecule has 1 aliphatic heterocycles. The molecule has 2 heterocycles. The highest BCUT2D eigenvalue weighted by molar-refractivity contribution is 9.11. The molecule has 106 valence electrons. The topological polar surface area (TPSA) is 51.4 Å². The largest absolute Gasteiger partial charge is 0.381 e. The van der Waals surface area contributed by atoms with Gasteiger partial charge >= 0.3 is 0 Å². The van der Waals surface area contributed by atoms with Crippen LogP contribution in [0.15, 0.2) is 21.2 Å². The van der Waals surface area contributed by atoms with Crippen molar-refractivity contribution in [3.05, 3.63) is 26.9 Å². The van der Waals surface area contributed by atoms with Crippen LogP contribution < -0.4 is 5.73 Å². The number of methoxy groups -OCH3 is 1. The van der Waals surface area contributed by atoms with E-state index in [1.54, 1.807) is 7.11 Å². The minimum Gasteiger partial charge on any atom is -0.381 e. The van der Waals surface area contributed by atoms with E-state index in [-0.39, 0.29) is 0 Å². The van der Waals surface area contributed by atoms with E-state index >= 15 is 0 Å². The monoisotopic (exact) mass is 391 g/mol. The van der Waals surface area contributed by atoms with Crippen molar-refractivity contribution in [2.75, 3.05) is 20.2 Å². The van der Waals surface area contributed by atoms with Gasteiger partial charge < -0.3 is 10.5 Å². The van der Waals surface area contributed by atoms with Crippen molar-refractivity contribution in [3.63, 3.8) is 0 Å². The molecule has 0 spiro atoms. The van der Waals surface area contributed by atoms with E-state index in [0.29, 0.717) is 18.7 Å². The molecule has 1 aliphatic rings. The molecule has 4 nitrogen and oxygen atoms in total. The normalized spacial score (nSPS) is 24.6. The number of piperidine rings is 1. The molecule has 2 unspecified atom stereocenters. The molecule has 2 rings (SSSR count). The van der Waals surface area contributed by atoms with Crippen LogP contribution in [0.1, 0.15) is 18.5 Å². The summed E-state index contributed by atoms with van der Waals surface area (Å²) in [6, 6.07) is 2.40. The van der Waals surface area contributed by atoms with E-state index in [9.17, 15) is 0 Å². The van der Waals surface area contributed by atoms with Crippen molar-refractivity contribution in [2.24, 2.45) is 5.73 Å². The van der Waals surface area contributed by atoms with E-state index < -0.39 is 0 Å². The fourth-order valence-corrected chi connectivity index (χ4v) is 3.59. The Bertz CT molecular complexity index is 430. The van der Waals surface area contributed by atoms with Gasteiger partial charge in [-0.1, -0.05) is 0 Å². The van der Waals surface area contributed by atoms with Crippen molar-refractivity contribution in [2.45, 2.75) is 31.5 Å². The molecule has 0 aromatic carbocycles. The van der Waals surface area contributed by atoms with Crippen molar-refractivity contribution in [3.8, 4) is 0 Å². The van der Waals surface area contributed by atoms with E-state index in [1.165, 1.54) is 0 Å². The maximum absolute atomic E-state index is 5.89. The number of halogens is 2. The van der Waals surface area contributed by atoms with Gasteiger partial charge in [0.1, 0.15) is 0 Å². The van der Waals surface area contributed by atoms with E-state index in [1.807, 2.05) is 12.3 Å². The number of likely N-dealkylation sites (tertiary alicyclic amines) is 1. The zero-order chi connectivity index (χ0) is 13.8. The number of nitrogens with two attached hydrogens (primary N) is 1. The van der Waals surface area contributed by atoms with Gasteiger partial charge in [0.05, 0.1) is 11.8 Å². The molecule has 0 bridgehead atoms. The quantitative estimate of drug-likeness (QED) is 0.855. The molecule has 0 amide bonds. The smallest absolute Gasteiger partial charge is 0.0686 e. The maximum atomic E-state index is 5.89. The zero-order valence-electron chi connectivity index (χ0n) is 11.0. The van der Waals surface area contributed by atoms with E-state index in [0.717, 1.165) is 40.6 Å². The Labute approximate surface area is 131 Å². The summed E-state index contributed by atoms with van der Waals surface area (Å²) >= 11 is 6.99. The molecular formula is C13H19Br2N3O. The van der Waals surface area contributed by atoms with Crippen LogP contribution in [-0.2, 0) is 11.3 Å². The standard InChI is InChI=1S/C13H19Br2N3O/c1-19-11-2-3-18(10(5-11)6-16)8-13-12(15)4-9(14)7-17-13/h4,7,10-11H,2-3,5-6,8,16H2,1H3. The number of hydrogen-bond donors (Lipinski definition) is 1. The number of nitrogens with zero attached hydrogens (tertiary/aromatic N) is 2. The molecule has 6 heteroatoms. The number of ether oxygens (including phenoxy) is 1. The van der Waals surface area contributed by atoms with Crippen LogP contribution in [-0.4, -0.2) is 42.2 Å². The lowest BCUT2D eigenvalue weighted by molar-refractivity contribution is 0.00970. The third-order valence-corrected chi connectivity index (χ3v) is 4.75. The molecule has 0 radical (unpaired) electrons. The maximum Gasteiger partial charge on any atom is 0.0686 e. The second-order valence-electron chi connectivity index (χ2n) is 4.82. The van der Waals surface area contributed by atoms with Gasteiger partial charge in [-0.15, -0.1) is 0 Å². The molecule has 2 atom stereocenters. The Hall–Kier alpha value is -0.0100. The fourth-order valence-electron chi connectivity index (χ4n) is 2.48. The van der Waals surface area contributed by atoms with Gasteiger partial charge in [0, 0.05) is 47.9 Å². The zero-order valence-corrected chi connectivity index (χ0v) is 14.2. The molecule has 0 saturated carbocycles. The second-order valence-corrected chi connectivity index (χ2v) is 6.59. The molecule has 0 aliphatic carbocycles. The van der Waals surface area contributed by atoms with Crippen LogP contribution in [0.2, 0.25) is 0 Å². The molecular weight excluding hydrogens is 374 g/mol. The van der Waals surface area contributed by atoms with Gasteiger partial charge in [-0.25, -0.2) is 0 Å². The van der Waals surface area contributed by atoms with Gasteiger partial charge in [0.25, 0.3) is 0 Å². The summed E-state index contributed by atoms with van der Waals surface area (Å²) in [5.74, 6) is 0. The molecule has 2 N–H and O–H groups in total. The predicted octanol–water partition coefficient (Wildman–Crippen LogP) is 2.54. The van der Waals surface area contributed by atoms with Gasteiger partial charge in [-0.2, -0.15) is 0 Å². The van der Waals surface area contributed by atoms with Crippen LogP contribution in [0.3, 0.4) is 0 Å². The molecule has 1 aromatic rings. The summed E-state index contributed by atoms with van der Waals surface area (Å²) < 4.78 is 7.46. The molecule has 1 saturated heterocycles. The Morgan fingerprint density at radius 1 is 1.53 bits per heavy atom. The van der Waals surface area contributed by atoms with Crippen molar-refractivity contribution >= 4 is 31.9 Å². The summed E-state index contributed by atoms with van der Waals surface area (Å²) in [6.07, 6.45) is 4.23. The first-order valence-electron chi connectivity index (χ1n) is 6.41. The van der Waals surface area contributed by atoms with Gasteiger partial charge in [0.2, 0.25) is 0 Å². The Morgan fingerprint density at radius 3 is 2.95 bits per heavy atom. The van der Waals surface area contributed by atoms with Gasteiger partial charge in [-0.3, -0.25) is 9.88 Å². The summed E-state index contributed by atoms with van der Waals surface area (Å²) in [5, 5.41) is 0. The van der Waals surface area contributed by atoms with Gasteiger partial charge in [0.15, 0.2) is 0 Å². The van der Waals surface area contributed by atoms with E-state index in [2.05, 4.69) is 41.7 Å².